The van der Waals surface area contributed by atoms with Crippen molar-refractivity contribution in [3.63, 3.8) is 0 Å². The van der Waals surface area contributed by atoms with Crippen LogP contribution in [0.15, 0.2) is 18.2 Å². The monoisotopic (exact) mass is 259 g/mol. The predicted octanol–water partition coefficient (Wildman–Crippen LogP) is 6.26. The number of hydrogen-bond acceptors (Lipinski definition) is 0. The average molecular weight is 259 g/mol. The molecule has 0 spiro atoms. The fourth-order valence-electron chi connectivity index (χ4n) is 2.61. The summed E-state index contributed by atoms with van der Waals surface area (Å²) < 4.78 is 0. The van der Waals surface area contributed by atoms with Gasteiger partial charge in [-0.15, -0.1) is 0 Å². The molecular weight excluding hydrogens is 228 g/mol. The van der Waals surface area contributed by atoms with Crippen LogP contribution in [0.4, 0.5) is 0 Å². The summed E-state index contributed by atoms with van der Waals surface area (Å²) >= 11 is 0. The highest BCUT2D eigenvalue weighted by atomic mass is 14.0. The molecule has 1 aromatic carbocycles. The molecule has 1 aromatic rings. The van der Waals surface area contributed by atoms with Gasteiger partial charge in [-0.3, -0.25) is 0 Å². The van der Waals surface area contributed by atoms with Gasteiger partial charge in [0.05, 0.1) is 0 Å². The second kappa shape index (κ2) is 11.1. The summed E-state index contributed by atoms with van der Waals surface area (Å²) in [6.07, 6.45) is 15.3. The van der Waals surface area contributed by atoms with Crippen molar-refractivity contribution in [3.05, 3.63) is 35.4 Å². The maximum absolute atomic E-state index is 3.37. The minimum absolute atomic E-state index is 1.21. The molecule has 0 aromatic heterocycles. The van der Waals surface area contributed by atoms with E-state index in [-0.39, 0.29) is 0 Å². The van der Waals surface area contributed by atoms with Crippen LogP contribution in [-0.4, -0.2) is 0 Å². The Morgan fingerprint density at radius 3 is 2.00 bits per heavy atom. The van der Waals surface area contributed by atoms with Gasteiger partial charge in [0, 0.05) is 0 Å². The number of hydrogen-bond donors (Lipinski definition) is 0. The van der Waals surface area contributed by atoms with Crippen molar-refractivity contribution in [2.75, 3.05) is 0 Å². The van der Waals surface area contributed by atoms with Crippen LogP contribution in [-0.2, 0) is 6.42 Å². The summed E-state index contributed by atoms with van der Waals surface area (Å²) in [7, 11) is 0. The molecule has 0 unspecified atom stereocenters. The lowest BCUT2D eigenvalue weighted by atomic mass is 10.0. The van der Waals surface area contributed by atoms with Gasteiger partial charge in [-0.05, 0) is 37.0 Å². The average Bonchev–Trinajstić information content (AvgIpc) is 2.43. The third kappa shape index (κ3) is 8.08. The topological polar surface area (TPSA) is 0 Å². The van der Waals surface area contributed by atoms with Crippen molar-refractivity contribution in [1.29, 1.82) is 0 Å². The Hall–Kier alpha value is -0.780. The quantitative estimate of drug-likeness (QED) is 0.411. The summed E-state index contributed by atoms with van der Waals surface area (Å²) in [6, 6.07) is 9.69. The summed E-state index contributed by atoms with van der Waals surface area (Å²) in [5.41, 5.74) is 2.82. The maximum atomic E-state index is 3.37. The van der Waals surface area contributed by atoms with E-state index in [4.69, 9.17) is 0 Å². The normalized spacial score (nSPS) is 10.8. The molecule has 0 aliphatic carbocycles. The van der Waals surface area contributed by atoms with Crippen LogP contribution in [0.3, 0.4) is 0 Å². The number of unbranched alkanes of at least 4 members (excludes halogenated alkanes) is 9. The standard InChI is InChI=1S/C19H31/c1-3-4-5-6-7-8-9-10-11-12-16-19-17-14-13-15-18(19)2/h13-15H,3-12,16H2,1-2H3. The largest absolute Gasteiger partial charge is 0.0654 e. The molecule has 0 saturated heterocycles. The summed E-state index contributed by atoms with van der Waals surface area (Å²) in [5, 5.41) is 0. The van der Waals surface area contributed by atoms with Crippen LogP contribution in [0.2, 0.25) is 0 Å². The molecule has 0 heterocycles. The van der Waals surface area contributed by atoms with Crippen LogP contribution in [0, 0.1) is 13.0 Å². The summed E-state index contributed by atoms with van der Waals surface area (Å²) in [6.45, 7) is 4.48. The lowest BCUT2D eigenvalue weighted by Gasteiger charge is -2.05. The third-order valence-electron chi connectivity index (χ3n) is 3.96. The van der Waals surface area contributed by atoms with Gasteiger partial charge in [0.25, 0.3) is 0 Å². The van der Waals surface area contributed by atoms with E-state index in [1.807, 2.05) is 6.07 Å². The van der Waals surface area contributed by atoms with Crippen molar-refractivity contribution in [2.45, 2.75) is 84.5 Å². The Morgan fingerprint density at radius 1 is 0.842 bits per heavy atom. The highest BCUT2D eigenvalue weighted by Crippen LogP contribution is 2.13. The van der Waals surface area contributed by atoms with Crippen molar-refractivity contribution in [1.82, 2.24) is 0 Å². The van der Waals surface area contributed by atoms with Gasteiger partial charge in [-0.25, -0.2) is 0 Å². The molecule has 0 heteroatoms. The Balaban J connectivity index is 1.90. The minimum atomic E-state index is 1.21. The molecule has 0 nitrogen and oxygen atoms in total. The second-order valence-corrected chi connectivity index (χ2v) is 5.76. The van der Waals surface area contributed by atoms with E-state index in [0.717, 1.165) is 0 Å². The van der Waals surface area contributed by atoms with Crippen LogP contribution in [0.5, 0.6) is 0 Å². The Bertz CT molecular complexity index is 314. The molecular formula is C19H31. The molecule has 1 rings (SSSR count). The van der Waals surface area contributed by atoms with E-state index < -0.39 is 0 Å². The molecule has 0 aliphatic heterocycles. The van der Waals surface area contributed by atoms with Crippen molar-refractivity contribution in [2.24, 2.45) is 0 Å². The Labute approximate surface area is 120 Å². The lowest BCUT2D eigenvalue weighted by Crippen LogP contribution is -1.90. The van der Waals surface area contributed by atoms with Gasteiger partial charge < -0.3 is 0 Å². The SMILES string of the molecule is CCCCCCCCCCCCc1[c]cccc1C. The van der Waals surface area contributed by atoms with E-state index in [0.29, 0.717) is 0 Å². The molecule has 0 bridgehead atoms. The first-order valence-electron chi connectivity index (χ1n) is 8.30. The zero-order valence-electron chi connectivity index (χ0n) is 13.0. The van der Waals surface area contributed by atoms with Crippen molar-refractivity contribution < 1.29 is 0 Å². The van der Waals surface area contributed by atoms with E-state index >= 15 is 0 Å². The number of aryl methyl sites for hydroxylation is 2. The molecule has 0 atom stereocenters. The van der Waals surface area contributed by atoms with Crippen LogP contribution >= 0.6 is 0 Å². The van der Waals surface area contributed by atoms with Crippen molar-refractivity contribution in [3.8, 4) is 0 Å². The zero-order valence-corrected chi connectivity index (χ0v) is 13.0. The summed E-state index contributed by atoms with van der Waals surface area (Å²) in [5.74, 6) is 0. The molecule has 0 amide bonds. The fourth-order valence-corrected chi connectivity index (χ4v) is 2.61. The van der Waals surface area contributed by atoms with E-state index in [1.165, 1.54) is 81.8 Å². The Morgan fingerprint density at radius 2 is 1.42 bits per heavy atom. The smallest absolute Gasteiger partial charge is 0.0146 e. The van der Waals surface area contributed by atoms with Gasteiger partial charge in [-0.2, -0.15) is 0 Å². The minimum Gasteiger partial charge on any atom is -0.0654 e. The summed E-state index contributed by atoms with van der Waals surface area (Å²) in [4.78, 5) is 0. The molecule has 0 aliphatic rings. The van der Waals surface area contributed by atoms with Crippen LogP contribution in [0.1, 0.15) is 82.3 Å². The third-order valence-corrected chi connectivity index (χ3v) is 3.96. The van der Waals surface area contributed by atoms with Gasteiger partial charge in [0.15, 0.2) is 0 Å². The first-order chi connectivity index (χ1) is 9.34. The van der Waals surface area contributed by atoms with Crippen LogP contribution in [0.25, 0.3) is 0 Å². The predicted molar refractivity (Wildman–Crippen MR) is 85.6 cm³/mol. The Kier molecular flexibility index (Phi) is 9.49. The second-order valence-electron chi connectivity index (χ2n) is 5.76. The molecule has 1 radical (unpaired) electrons. The van der Waals surface area contributed by atoms with Gasteiger partial charge in [0.1, 0.15) is 0 Å². The van der Waals surface area contributed by atoms with Gasteiger partial charge >= 0.3 is 0 Å². The van der Waals surface area contributed by atoms with E-state index in [9.17, 15) is 0 Å². The van der Waals surface area contributed by atoms with Gasteiger partial charge in [0.2, 0.25) is 0 Å². The molecule has 0 fully saturated rings. The number of benzene rings is 1. The lowest BCUT2D eigenvalue weighted by molar-refractivity contribution is 0.556. The number of rotatable bonds is 11. The van der Waals surface area contributed by atoms with E-state index in [2.05, 4.69) is 32.0 Å². The molecule has 107 valence electrons. The highest BCUT2D eigenvalue weighted by molar-refractivity contribution is 5.24. The van der Waals surface area contributed by atoms with Crippen molar-refractivity contribution >= 4 is 0 Å². The molecule has 19 heavy (non-hydrogen) atoms. The fraction of sp³-hybridized carbons (Fsp3) is 0.684. The highest BCUT2D eigenvalue weighted by Gasteiger charge is 1.97. The zero-order chi connectivity index (χ0) is 13.8. The molecule has 0 N–H and O–H groups in total. The first kappa shape index (κ1) is 16.3. The van der Waals surface area contributed by atoms with Gasteiger partial charge in [-0.1, -0.05) is 82.9 Å². The first-order valence-corrected chi connectivity index (χ1v) is 8.30. The van der Waals surface area contributed by atoms with E-state index in [1.54, 1.807) is 0 Å². The van der Waals surface area contributed by atoms with Crippen LogP contribution < -0.4 is 0 Å². The molecule has 0 saturated carbocycles. The maximum Gasteiger partial charge on any atom is -0.0146 e.